The molecule has 0 bridgehead atoms. The van der Waals surface area contributed by atoms with Crippen molar-refractivity contribution in [3.63, 3.8) is 0 Å². The Kier molecular flexibility index (Phi) is 5.63. The second-order valence-corrected chi connectivity index (χ2v) is 6.36. The summed E-state index contributed by atoms with van der Waals surface area (Å²) in [6, 6.07) is 13.3. The minimum atomic E-state index is -4.68. The van der Waals surface area contributed by atoms with Gasteiger partial charge in [-0.15, -0.1) is 13.2 Å². The molecule has 8 heteroatoms. The van der Waals surface area contributed by atoms with Crippen LogP contribution < -0.4 is 10.1 Å². The lowest BCUT2D eigenvalue weighted by Crippen LogP contribution is -2.17. The maximum absolute atomic E-state index is 12.1. The Morgan fingerprint density at radius 3 is 2.35 bits per heavy atom. The van der Waals surface area contributed by atoms with Crippen LogP contribution in [0.5, 0.6) is 5.75 Å². The van der Waals surface area contributed by atoms with E-state index in [1.54, 1.807) is 18.4 Å². The minimum absolute atomic E-state index is 0.239. The lowest BCUT2D eigenvalue weighted by Gasteiger charge is -2.09. The summed E-state index contributed by atoms with van der Waals surface area (Å²) in [5, 5.41) is 3.17. The molecule has 0 fully saturated rings. The van der Waals surface area contributed by atoms with E-state index >= 15 is 0 Å². The first-order valence-corrected chi connectivity index (χ1v) is 8.44. The number of hydrogen-bond acceptors (Lipinski definition) is 4. The Morgan fingerprint density at radius 2 is 1.69 bits per heavy atom. The normalized spacial score (nSPS) is 11.5. The standard InChI is InChI=1S/C18H14BrF3N2O2/c19-14-5-3-13(4-6-14)17-24-15(11-25-17)10-23-9-12-1-7-16(8-2-12)26-18(20,21)22/h1-8,11,23H,9-10H2. The Morgan fingerprint density at radius 1 is 1.00 bits per heavy atom. The molecule has 0 unspecified atom stereocenters. The number of nitrogens with one attached hydrogen (secondary N) is 1. The molecule has 2 aromatic carbocycles. The fourth-order valence-corrected chi connectivity index (χ4v) is 2.52. The Bertz CT molecular complexity index is 846. The Labute approximate surface area is 156 Å². The molecular weight excluding hydrogens is 413 g/mol. The summed E-state index contributed by atoms with van der Waals surface area (Å²) in [4.78, 5) is 4.41. The third kappa shape index (κ3) is 5.34. The van der Waals surface area contributed by atoms with Crippen molar-refractivity contribution in [2.75, 3.05) is 0 Å². The van der Waals surface area contributed by atoms with Crippen molar-refractivity contribution in [2.24, 2.45) is 0 Å². The van der Waals surface area contributed by atoms with E-state index in [0.717, 1.165) is 21.3 Å². The maximum atomic E-state index is 12.1. The quantitative estimate of drug-likeness (QED) is 0.581. The number of aromatic nitrogens is 1. The van der Waals surface area contributed by atoms with Gasteiger partial charge in [0.2, 0.25) is 5.89 Å². The average molecular weight is 427 g/mol. The first-order valence-electron chi connectivity index (χ1n) is 7.65. The molecule has 1 heterocycles. The smallest absolute Gasteiger partial charge is 0.444 e. The predicted octanol–water partition coefficient (Wildman–Crippen LogP) is 5.29. The average Bonchev–Trinajstić information content (AvgIpc) is 3.05. The summed E-state index contributed by atoms with van der Waals surface area (Å²) in [7, 11) is 0. The molecule has 0 aliphatic heterocycles. The molecular formula is C18H14BrF3N2O2. The second-order valence-electron chi connectivity index (χ2n) is 5.45. The van der Waals surface area contributed by atoms with E-state index in [2.05, 4.69) is 31.0 Å². The van der Waals surface area contributed by atoms with Crippen molar-refractivity contribution in [1.29, 1.82) is 0 Å². The molecule has 0 saturated heterocycles. The van der Waals surface area contributed by atoms with Gasteiger partial charge in [0.05, 0.1) is 5.69 Å². The minimum Gasteiger partial charge on any atom is -0.444 e. The van der Waals surface area contributed by atoms with Crippen LogP contribution in [-0.2, 0) is 13.1 Å². The maximum Gasteiger partial charge on any atom is 0.573 e. The molecule has 0 saturated carbocycles. The van der Waals surface area contributed by atoms with E-state index < -0.39 is 6.36 Å². The molecule has 1 N–H and O–H groups in total. The van der Waals surface area contributed by atoms with Crippen LogP contribution in [0.4, 0.5) is 13.2 Å². The number of oxazole rings is 1. The van der Waals surface area contributed by atoms with Crippen LogP contribution in [0.3, 0.4) is 0 Å². The highest BCUT2D eigenvalue weighted by Gasteiger charge is 2.30. The molecule has 3 rings (SSSR count). The van der Waals surface area contributed by atoms with Crippen molar-refractivity contribution in [3.8, 4) is 17.2 Å². The van der Waals surface area contributed by atoms with Crippen molar-refractivity contribution >= 4 is 15.9 Å². The van der Waals surface area contributed by atoms with Gasteiger partial charge in [0.15, 0.2) is 0 Å². The predicted molar refractivity (Wildman–Crippen MR) is 93.3 cm³/mol. The van der Waals surface area contributed by atoms with Crippen LogP contribution in [0.25, 0.3) is 11.5 Å². The zero-order chi connectivity index (χ0) is 18.6. The Hall–Kier alpha value is -2.32. The van der Waals surface area contributed by atoms with Crippen molar-refractivity contribution in [2.45, 2.75) is 19.5 Å². The van der Waals surface area contributed by atoms with Crippen LogP contribution in [0.2, 0.25) is 0 Å². The third-order valence-corrected chi connectivity index (χ3v) is 3.96. The molecule has 136 valence electrons. The lowest BCUT2D eigenvalue weighted by molar-refractivity contribution is -0.274. The molecule has 0 aliphatic rings. The number of benzene rings is 2. The van der Waals surface area contributed by atoms with Crippen molar-refractivity contribution < 1.29 is 22.3 Å². The van der Waals surface area contributed by atoms with Crippen molar-refractivity contribution in [3.05, 3.63) is 70.5 Å². The van der Waals surface area contributed by atoms with Gasteiger partial charge in [0, 0.05) is 23.1 Å². The van der Waals surface area contributed by atoms with Gasteiger partial charge in [-0.25, -0.2) is 4.98 Å². The van der Waals surface area contributed by atoms with E-state index in [0.29, 0.717) is 19.0 Å². The topological polar surface area (TPSA) is 47.3 Å². The summed E-state index contributed by atoms with van der Waals surface area (Å²) in [5.41, 5.74) is 2.44. The number of nitrogens with zero attached hydrogens (tertiary/aromatic N) is 1. The lowest BCUT2D eigenvalue weighted by atomic mass is 10.2. The summed E-state index contributed by atoms with van der Waals surface area (Å²) in [6.07, 6.45) is -3.11. The molecule has 0 amide bonds. The van der Waals surface area contributed by atoms with Gasteiger partial charge in [0.25, 0.3) is 0 Å². The van der Waals surface area contributed by atoms with Gasteiger partial charge < -0.3 is 14.5 Å². The first-order chi connectivity index (χ1) is 12.4. The highest BCUT2D eigenvalue weighted by atomic mass is 79.9. The molecule has 3 aromatic rings. The van der Waals surface area contributed by atoms with E-state index in [1.165, 1.54) is 12.1 Å². The number of hydrogen-bond donors (Lipinski definition) is 1. The molecule has 0 spiro atoms. The molecule has 4 nitrogen and oxygen atoms in total. The van der Waals surface area contributed by atoms with Crippen molar-refractivity contribution in [1.82, 2.24) is 10.3 Å². The largest absolute Gasteiger partial charge is 0.573 e. The molecule has 0 atom stereocenters. The number of alkyl halides is 3. The van der Waals surface area contributed by atoms with Gasteiger partial charge in [-0.1, -0.05) is 28.1 Å². The van der Waals surface area contributed by atoms with Gasteiger partial charge in [-0.3, -0.25) is 0 Å². The summed E-state index contributed by atoms with van der Waals surface area (Å²) in [5.74, 6) is 0.292. The highest BCUT2D eigenvalue weighted by molar-refractivity contribution is 9.10. The fourth-order valence-electron chi connectivity index (χ4n) is 2.26. The number of ether oxygens (including phenoxy) is 1. The van der Waals surface area contributed by atoms with Gasteiger partial charge >= 0.3 is 6.36 Å². The molecule has 26 heavy (non-hydrogen) atoms. The summed E-state index contributed by atoms with van der Waals surface area (Å²) < 4.78 is 46.6. The zero-order valence-electron chi connectivity index (χ0n) is 13.4. The SMILES string of the molecule is FC(F)(F)Oc1ccc(CNCc2coc(-c3ccc(Br)cc3)n2)cc1. The summed E-state index contributed by atoms with van der Waals surface area (Å²) in [6.45, 7) is 0.952. The van der Waals surface area contributed by atoms with Crippen LogP contribution in [0.15, 0.2) is 63.7 Å². The van der Waals surface area contributed by atoms with E-state index in [1.807, 2.05) is 24.3 Å². The third-order valence-electron chi connectivity index (χ3n) is 3.44. The highest BCUT2D eigenvalue weighted by Crippen LogP contribution is 2.23. The monoisotopic (exact) mass is 426 g/mol. The number of halogens is 4. The fraction of sp³-hybridized carbons (Fsp3) is 0.167. The molecule has 1 aromatic heterocycles. The first kappa shape index (κ1) is 18.5. The van der Waals surface area contributed by atoms with E-state index in [9.17, 15) is 13.2 Å². The van der Waals surface area contributed by atoms with Crippen LogP contribution in [0.1, 0.15) is 11.3 Å². The van der Waals surface area contributed by atoms with Gasteiger partial charge in [0.1, 0.15) is 12.0 Å². The van der Waals surface area contributed by atoms with E-state index in [-0.39, 0.29) is 5.75 Å². The second kappa shape index (κ2) is 7.92. The Balaban J connectivity index is 1.51. The van der Waals surface area contributed by atoms with Gasteiger partial charge in [-0.05, 0) is 42.0 Å². The van der Waals surface area contributed by atoms with E-state index in [4.69, 9.17) is 4.42 Å². The van der Waals surface area contributed by atoms with Gasteiger partial charge in [-0.2, -0.15) is 0 Å². The molecule has 0 aliphatic carbocycles. The van der Waals surface area contributed by atoms with Crippen LogP contribution in [-0.4, -0.2) is 11.3 Å². The molecule has 0 radical (unpaired) electrons. The zero-order valence-corrected chi connectivity index (χ0v) is 15.0. The van der Waals surface area contributed by atoms with Crippen LogP contribution in [0, 0.1) is 0 Å². The number of rotatable bonds is 6. The summed E-state index contributed by atoms with van der Waals surface area (Å²) >= 11 is 3.37. The van der Waals surface area contributed by atoms with Crippen LogP contribution >= 0.6 is 15.9 Å².